The average molecular weight is 583 g/mol. The van der Waals surface area contributed by atoms with Gasteiger partial charge in [-0.3, -0.25) is 9.59 Å². The van der Waals surface area contributed by atoms with Gasteiger partial charge in [0, 0.05) is 5.70 Å². The molecule has 9 heteroatoms. The minimum Gasteiger partial charge on any atom is -0.509 e. The number of rotatable bonds is 6. The van der Waals surface area contributed by atoms with Gasteiger partial charge in [0.25, 0.3) is 0 Å². The van der Waals surface area contributed by atoms with E-state index >= 15 is 0 Å². The highest BCUT2D eigenvalue weighted by Gasteiger charge is 2.41. The quantitative estimate of drug-likeness (QED) is 0.361. The third kappa shape index (κ3) is 5.07. The number of allylic oxidation sites excluding steroid dienone is 9. The van der Waals surface area contributed by atoms with Crippen LogP contribution < -0.4 is 5.32 Å². The normalized spacial score (nSPS) is 23.0. The highest BCUT2D eigenvalue weighted by atomic mass is 16.5. The van der Waals surface area contributed by atoms with E-state index in [9.17, 15) is 14.7 Å². The fourth-order valence-electron chi connectivity index (χ4n) is 5.95. The molecule has 8 bridgehead atoms. The Kier molecular flexibility index (Phi) is 7.86. The van der Waals surface area contributed by atoms with Gasteiger partial charge in [-0.2, -0.15) is 0 Å². The molecule has 2 N–H and O–H groups in total. The second-order valence-electron chi connectivity index (χ2n) is 11.4. The first-order chi connectivity index (χ1) is 20.4. The van der Waals surface area contributed by atoms with Crippen molar-refractivity contribution in [1.29, 1.82) is 0 Å². The number of carbonyl (C=O) groups is 2. The van der Waals surface area contributed by atoms with E-state index in [1.165, 1.54) is 14.2 Å². The first-order valence-electron chi connectivity index (χ1n) is 14.5. The molecule has 0 radical (unpaired) electrons. The molecule has 0 aliphatic carbocycles. The summed E-state index contributed by atoms with van der Waals surface area (Å²) in [5.41, 5.74) is 10.0. The number of ether oxygens (including phenoxy) is 2. The molecular weight excluding hydrogens is 544 g/mol. The zero-order valence-electron chi connectivity index (χ0n) is 26.1. The van der Waals surface area contributed by atoms with Gasteiger partial charge in [0.1, 0.15) is 5.76 Å². The smallest absolute Gasteiger partial charge is 0.310 e. The lowest BCUT2D eigenvalue weighted by Crippen LogP contribution is -2.22. The van der Waals surface area contributed by atoms with Crippen LogP contribution in [0.3, 0.4) is 0 Å². The number of aliphatic hydroxyl groups excluding tert-OH is 1. The van der Waals surface area contributed by atoms with E-state index in [2.05, 4.69) is 19.2 Å². The summed E-state index contributed by atoms with van der Waals surface area (Å²) in [6.45, 7) is 12.0. The lowest BCUT2D eigenvalue weighted by molar-refractivity contribution is -0.140. The molecule has 5 rings (SSSR count). The van der Waals surface area contributed by atoms with Crippen molar-refractivity contribution in [3.63, 3.8) is 0 Å². The van der Waals surface area contributed by atoms with Gasteiger partial charge in [-0.05, 0) is 98.3 Å². The van der Waals surface area contributed by atoms with Crippen LogP contribution in [-0.4, -0.2) is 48.4 Å². The highest BCUT2D eigenvalue weighted by Crippen LogP contribution is 2.45. The first-order valence-corrected chi connectivity index (χ1v) is 14.5. The Hall–Kier alpha value is -4.53. The molecule has 0 aromatic carbocycles. The summed E-state index contributed by atoms with van der Waals surface area (Å²) < 4.78 is 10.00. The summed E-state index contributed by atoms with van der Waals surface area (Å²) in [6, 6.07) is 0. The predicted molar refractivity (Wildman–Crippen MR) is 167 cm³/mol. The maximum absolute atomic E-state index is 12.5. The van der Waals surface area contributed by atoms with Gasteiger partial charge < -0.3 is 19.9 Å². The van der Waals surface area contributed by atoms with Gasteiger partial charge in [0.2, 0.25) is 0 Å². The Morgan fingerprint density at radius 2 is 1.30 bits per heavy atom. The van der Waals surface area contributed by atoms with Crippen molar-refractivity contribution in [2.75, 3.05) is 14.2 Å². The molecule has 1 unspecified atom stereocenters. The Balaban J connectivity index is 1.80. The largest absolute Gasteiger partial charge is 0.509 e. The first kappa shape index (κ1) is 29.9. The fourth-order valence-corrected chi connectivity index (χ4v) is 5.95. The van der Waals surface area contributed by atoms with E-state index in [0.717, 1.165) is 51.4 Å². The molecule has 0 aromatic heterocycles. The molecule has 5 heterocycles. The van der Waals surface area contributed by atoms with Crippen molar-refractivity contribution >= 4 is 29.1 Å². The minimum atomic E-state index is -0.674. The number of aliphatic imine (C=N–C) groups is 3. The van der Waals surface area contributed by atoms with E-state index in [1.54, 1.807) is 6.08 Å². The van der Waals surface area contributed by atoms with Gasteiger partial charge in [0.05, 0.1) is 72.4 Å². The number of aliphatic hydroxyl groups is 1. The Morgan fingerprint density at radius 1 is 0.767 bits per heavy atom. The van der Waals surface area contributed by atoms with Crippen LogP contribution in [0.15, 0.2) is 107 Å². The summed E-state index contributed by atoms with van der Waals surface area (Å²) >= 11 is 0. The minimum absolute atomic E-state index is 0.0236. The molecule has 0 fully saturated rings. The van der Waals surface area contributed by atoms with E-state index in [4.69, 9.17) is 24.5 Å². The maximum atomic E-state index is 12.5. The molecule has 5 aliphatic heterocycles. The number of esters is 2. The third-order valence-electron chi connectivity index (χ3n) is 9.07. The fraction of sp³-hybridized carbons (Fsp3) is 0.382. The van der Waals surface area contributed by atoms with Crippen LogP contribution in [0.5, 0.6) is 0 Å². The van der Waals surface area contributed by atoms with Crippen LogP contribution in [0.1, 0.15) is 67.2 Å². The van der Waals surface area contributed by atoms with E-state index in [0.29, 0.717) is 40.5 Å². The molecule has 43 heavy (non-hydrogen) atoms. The van der Waals surface area contributed by atoms with Crippen molar-refractivity contribution < 1.29 is 24.2 Å². The molecule has 9 nitrogen and oxygen atoms in total. The lowest BCUT2D eigenvalue weighted by Gasteiger charge is -2.24. The van der Waals surface area contributed by atoms with Crippen molar-refractivity contribution in [3.8, 4) is 0 Å². The van der Waals surface area contributed by atoms with Gasteiger partial charge in [0.15, 0.2) is 0 Å². The number of hydrogen-bond acceptors (Lipinski definition) is 9. The Bertz CT molecular complexity index is 1700. The summed E-state index contributed by atoms with van der Waals surface area (Å²) in [5, 5.41) is 15.0. The van der Waals surface area contributed by atoms with Crippen LogP contribution in [0.25, 0.3) is 0 Å². The second-order valence-corrected chi connectivity index (χ2v) is 11.4. The topological polar surface area (TPSA) is 122 Å². The highest BCUT2D eigenvalue weighted by molar-refractivity contribution is 6.19. The third-order valence-corrected chi connectivity index (χ3v) is 9.07. The molecule has 1 atom stereocenters. The molecule has 224 valence electrons. The van der Waals surface area contributed by atoms with Crippen molar-refractivity contribution in [1.82, 2.24) is 5.32 Å². The lowest BCUT2D eigenvalue weighted by atomic mass is 9.82. The van der Waals surface area contributed by atoms with E-state index < -0.39 is 5.41 Å². The van der Waals surface area contributed by atoms with Crippen LogP contribution >= 0.6 is 0 Å². The Labute approximate surface area is 252 Å². The predicted octanol–water partition coefficient (Wildman–Crippen LogP) is 6.17. The molecule has 0 aromatic rings. The average Bonchev–Trinajstić information content (AvgIpc) is 3.63. The monoisotopic (exact) mass is 582 g/mol. The molecular formula is C34H38N4O5. The number of fused-ring (bicyclic) bond motifs is 5. The molecule has 0 spiro atoms. The molecule has 0 saturated carbocycles. The van der Waals surface area contributed by atoms with Gasteiger partial charge in [-0.1, -0.05) is 13.8 Å². The summed E-state index contributed by atoms with van der Waals surface area (Å²) in [7, 11) is 2.73. The number of carbonyl (C=O) groups excluding carboxylic acids is 2. The SMILES string of the molecule is CCC1=C(C)C2=NC1=CC1=NC(=CC3=NC(=CC4=C(O)C(C)(CC)C(=C2)N4)C(CC(=O)OC)=C3C)C(C)=C1CC(=O)OC. The van der Waals surface area contributed by atoms with Crippen LogP contribution in [-0.2, 0) is 19.1 Å². The number of nitrogens with zero attached hydrogens (tertiary/aromatic N) is 3. The van der Waals surface area contributed by atoms with Crippen LogP contribution in [0.2, 0.25) is 0 Å². The molecule has 0 saturated heterocycles. The summed E-state index contributed by atoms with van der Waals surface area (Å²) in [6.07, 6.45) is 9.11. The maximum Gasteiger partial charge on any atom is 0.310 e. The van der Waals surface area contributed by atoms with Gasteiger partial charge in [-0.25, -0.2) is 15.0 Å². The zero-order valence-corrected chi connectivity index (χ0v) is 26.1. The summed E-state index contributed by atoms with van der Waals surface area (Å²) in [4.78, 5) is 39.8. The summed E-state index contributed by atoms with van der Waals surface area (Å²) in [5.74, 6) is -0.541. The Morgan fingerprint density at radius 3 is 1.91 bits per heavy atom. The molecule has 0 amide bonds. The van der Waals surface area contributed by atoms with Crippen LogP contribution in [0, 0.1) is 5.41 Å². The van der Waals surface area contributed by atoms with Gasteiger partial charge >= 0.3 is 11.9 Å². The second kappa shape index (κ2) is 11.3. The standard InChI is InChI=1S/C34H38N4O5/c1-9-20-17(3)25-16-30-34(6,10-2)33(41)29(38-30)15-28-22(12-32(40)43-8)19(5)24(36-28)13-23-18(4)21(11-31(39)42-7)27(35-23)14-26(20)37-25/h13-16,38,41H,9-12H2,1-8H3. The van der Waals surface area contributed by atoms with Crippen molar-refractivity contribution in [2.24, 2.45) is 20.4 Å². The van der Waals surface area contributed by atoms with E-state index in [-0.39, 0.29) is 30.5 Å². The molecule has 5 aliphatic rings. The number of methoxy groups -OCH3 is 2. The zero-order chi connectivity index (χ0) is 31.2. The van der Waals surface area contributed by atoms with E-state index in [1.807, 2.05) is 45.9 Å². The van der Waals surface area contributed by atoms with Crippen LogP contribution in [0.4, 0.5) is 0 Å². The number of nitrogens with one attached hydrogen (secondary N) is 1. The van der Waals surface area contributed by atoms with Crippen molar-refractivity contribution in [2.45, 2.75) is 67.2 Å². The van der Waals surface area contributed by atoms with Gasteiger partial charge in [-0.15, -0.1) is 0 Å². The number of hydrogen-bond donors (Lipinski definition) is 2. The van der Waals surface area contributed by atoms with Crippen molar-refractivity contribution in [3.05, 3.63) is 92.0 Å².